The van der Waals surface area contributed by atoms with E-state index in [0.29, 0.717) is 12.2 Å². The lowest BCUT2D eigenvalue weighted by Gasteiger charge is -2.25. The van der Waals surface area contributed by atoms with Gasteiger partial charge in [0.05, 0.1) is 18.7 Å². The standard InChI is InChI=1S/C22H25N3O4/c1-24(2)18(14-8-9-20-21(10-14)29-13-28-20)12-23-22(26)17-11-15-16(25(17)3)6-5-7-19(15)27-4/h5-11,18H,12-13H2,1-4H3,(H,23,26)/t18-/m0/s1. The predicted octanol–water partition coefficient (Wildman–Crippen LogP) is 2.95. The number of aryl methyl sites for hydroxylation is 1. The van der Waals surface area contributed by atoms with Crippen molar-refractivity contribution in [3.63, 3.8) is 0 Å². The first-order valence-electron chi connectivity index (χ1n) is 9.46. The fraction of sp³-hybridized carbons (Fsp3) is 0.318. The number of carbonyl (C=O) groups is 1. The van der Waals surface area contributed by atoms with Crippen molar-refractivity contribution in [3.05, 3.63) is 53.7 Å². The average molecular weight is 395 g/mol. The lowest BCUT2D eigenvalue weighted by atomic mass is 10.1. The summed E-state index contributed by atoms with van der Waals surface area (Å²) in [6.07, 6.45) is 0. The summed E-state index contributed by atoms with van der Waals surface area (Å²) in [5.41, 5.74) is 2.60. The van der Waals surface area contributed by atoms with Gasteiger partial charge in [-0.15, -0.1) is 0 Å². The molecule has 152 valence electrons. The first kappa shape index (κ1) is 19.1. The molecule has 1 amide bonds. The second-order valence-electron chi connectivity index (χ2n) is 7.28. The van der Waals surface area contributed by atoms with Crippen LogP contribution in [-0.2, 0) is 7.05 Å². The van der Waals surface area contributed by atoms with Crippen molar-refractivity contribution in [1.82, 2.24) is 14.8 Å². The highest BCUT2D eigenvalue weighted by Gasteiger charge is 2.22. The van der Waals surface area contributed by atoms with Gasteiger partial charge in [0.2, 0.25) is 6.79 Å². The van der Waals surface area contributed by atoms with Crippen LogP contribution in [0.5, 0.6) is 17.2 Å². The van der Waals surface area contributed by atoms with Crippen molar-refractivity contribution in [3.8, 4) is 17.2 Å². The molecule has 1 atom stereocenters. The quantitative estimate of drug-likeness (QED) is 0.695. The Morgan fingerprint density at radius 2 is 2.00 bits per heavy atom. The Bertz CT molecular complexity index is 1060. The Morgan fingerprint density at radius 3 is 2.76 bits per heavy atom. The fourth-order valence-electron chi connectivity index (χ4n) is 3.73. The normalized spacial score (nSPS) is 13.7. The lowest BCUT2D eigenvalue weighted by Crippen LogP contribution is -2.35. The number of benzene rings is 2. The van der Waals surface area contributed by atoms with Crippen molar-refractivity contribution in [2.75, 3.05) is 34.5 Å². The summed E-state index contributed by atoms with van der Waals surface area (Å²) in [6.45, 7) is 0.705. The number of nitrogens with one attached hydrogen (secondary N) is 1. The predicted molar refractivity (Wildman–Crippen MR) is 111 cm³/mol. The molecule has 7 heteroatoms. The van der Waals surface area contributed by atoms with Crippen LogP contribution >= 0.6 is 0 Å². The van der Waals surface area contributed by atoms with Gasteiger partial charge in [0.15, 0.2) is 11.5 Å². The zero-order chi connectivity index (χ0) is 20.5. The molecule has 7 nitrogen and oxygen atoms in total. The third kappa shape index (κ3) is 3.49. The Hall–Kier alpha value is -3.19. The molecule has 0 saturated heterocycles. The number of carbonyl (C=O) groups excluding carboxylic acids is 1. The van der Waals surface area contributed by atoms with Crippen LogP contribution in [0.3, 0.4) is 0 Å². The number of rotatable bonds is 6. The maximum atomic E-state index is 12.9. The first-order chi connectivity index (χ1) is 14.0. The highest BCUT2D eigenvalue weighted by atomic mass is 16.7. The molecule has 1 aromatic heterocycles. The molecule has 0 radical (unpaired) electrons. The Balaban J connectivity index is 1.55. The van der Waals surface area contributed by atoms with E-state index in [9.17, 15) is 4.79 Å². The highest BCUT2D eigenvalue weighted by molar-refractivity contribution is 6.00. The summed E-state index contributed by atoms with van der Waals surface area (Å²) in [5.74, 6) is 2.11. The third-order valence-corrected chi connectivity index (χ3v) is 5.36. The third-order valence-electron chi connectivity index (χ3n) is 5.36. The van der Waals surface area contributed by atoms with Gasteiger partial charge in [-0.25, -0.2) is 0 Å². The zero-order valence-electron chi connectivity index (χ0n) is 17.1. The highest BCUT2D eigenvalue weighted by Crippen LogP contribution is 2.35. The van der Waals surface area contributed by atoms with Gasteiger partial charge in [0, 0.05) is 19.0 Å². The van der Waals surface area contributed by atoms with Crippen LogP contribution in [0.2, 0.25) is 0 Å². The van der Waals surface area contributed by atoms with Crippen LogP contribution in [-0.4, -0.2) is 49.9 Å². The number of likely N-dealkylation sites (N-methyl/N-ethyl adjacent to an activating group) is 1. The molecule has 4 rings (SSSR count). The summed E-state index contributed by atoms with van der Waals surface area (Å²) in [5, 5.41) is 3.99. The molecule has 0 unspecified atom stereocenters. The topological polar surface area (TPSA) is 65.0 Å². The van der Waals surface area contributed by atoms with E-state index in [1.54, 1.807) is 7.11 Å². The van der Waals surface area contributed by atoms with E-state index in [1.165, 1.54) is 0 Å². The Labute approximate surface area is 169 Å². The van der Waals surface area contributed by atoms with E-state index in [1.807, 2.05) is 68.2 Å². The second kappa shape index (κ2) is 7.67. The van der Waals surface area contributed by atoms with E-state index >= 15 is 0 Å². The van der Waals surface area contributed by atoms with Crippen molar-refractivity contribution in [1.29, 1.82) is 0 Å². The molecule has 0 spiro atoms. The first-order valence-corrected chi connectivity index (χ1v) is 9.46. The Kier molecular flexibility index (Phi) is 5.07. The van der Waals surface area contributed by atoms with Crippen LogP contribution in [0.1, 0.15) is 22.1 Å². The van der Waals surface area contributed by atoms with E-state index in [-0.39, 0.29) is 18.7 Å². The van der Waals surface area contributed by atoms with E-state index in [2.05, 4.69) is 10.2 Å². The van der Waals surface area contributed by atoms with Gasteiger partial charge in [-0.3, -0.25) is 4.79 Å². The summed E-state index contributed by atoms with van der Waals surface area (Å²) >= 11 is 0. The summed E-state index contributed by atoms with van der Waals surface area (Å²) in [4.78, 5) is 15.0. The smallest absolute Gasteiger partial charge is 0.268 e. The minimum Gasteiger partial charge on any atom is -0.496 e. The molecule has 0 fully saturated rings. The van der Waals surface area contributed by atoms with Gasteiger partial charge in [-0.05, 0) is 50.0 Å². The van der Waals surface area contributed by atoms with Crippen LogP contribution in [0.4, 0.5) is 0 Å². The summed E-state index contributed by atoms with van der Waals surface area (Å²) < 4.78 is 18.2. The van der Waals surface area contributed by atoms with Crippen LogP contribution < -0.4 is 19.5 Å². The van der Waals surface area contributed by atoms with Gasteiger partial charge in [0.25, 0.3) is 5.91 Å². The van der Waals surface area contributed by atoms with Crippen molar-refractivity contribution in [2.45, 2.75) is 6.04 Å². The largest absolute Gasteiger partial charge is 0.496 e. The minimum atomic E-state index is -0.127. The average Bonchev–Trinajstić information content (AvgIpc) is 3.31. The van der Waals surface area contributed by atoms with Crippen molar-refractivity contribution >= 4 is 16.8 Å². The maximum Gasteiger partial charge on any atom is 0.268 e. The van der Waals surface area contributed by atoms with Crippen LogP contribution in [0, 0.1) is 0 Å². The molecule has 0 aliphatic carbocycles. The molecule has 0 bridgehead atoms. The van der Waals surface area contributed by atoms with E-state index in [4.69, 9.17) is 14.2 Å². The van der Waals surface area contributed by atoms with Gasteiger partial charge in [-0.1, -0.05) is 12.1 Å². The number of fused-ring (bicyclic) bond motifs is 2. The van der Waals surface area contributed by atoms with Gasteiger partial charge < -0.3 is 29.0 Å². The molecule has 29 heavy (non-hydrogen) atoms. The maximum absolute atomic E-state index is 12.9. The number of amides is 1. The van der Waals surface area contributed by atoms with Gasteiger partial charge in [0.1, 0.15) is 11.4 Å². The van der Waals surface area contributed by atoms with E-state index < -0.39 is 0 Å². The number of nitrogens with zero attached hydrogens (tertiary/aromatic N) is 2. The van der Waals surface area contributed by atoms with Crippen LogP contribution in [0.25, 0.3) is 10.9 Å². The number of hydrogen-bond acceptors (Lipinski definition) is 5. The number of methoxy groups -OCH3 is 1. The van der Waals surface area contributed by atoms with Gasteiger partial charge in [-0.2, -0.15) is 0 Å². The van der Waals surface area contributed by atoms with Gasteiger partial charge >= 0.3 is 0 Å². The summed E-state index contributed by atoms with van der Waals surface area (Å²) in [6, 6.07) is 13.5. The Morgan fingerprint density at radius 1 is 1.21 bits per heavy atom. The lowest BCUT2D eigenvalue weighted by molar-refractivity contribution is 0.0934. The summed E-state index contributed by atoms with van der Waals surface area (Å²) in [7, 11) is 7.50. The monoisotopic (exact) mass is 395 g/mol. The van der Waals surface area contributed by atoms with Crippen LogP contribution in [0.15, 0.2) is 42.5 Å². The number of ether oxygens (including phenoxy) is 3. The molecular formula is C22H25N3O4. The molecule has 0 saturated carbocycles. The molecule has 1 aliphatic heterocycles. The van der Waals surface area contributed by atoms with Crippen molar-refractivity contribution < 1.29 is 19.0 Å². The number of hydrogen-bond donors (Lipinski definition) is 1. The molecule has 1 aliphatic rings. The second-order valence-corrected chi connectivity index (χ2v) is 7.28. The van der Waals surface area contributed by atoms with Crippen molar-refractivity contribution in [2.24, 2.45) is 7.05 Å². The molecule has 1 N–H and O–H groups in total. The minimum absolute atomic E-state index is 0.00216. The molecule has 2 aromatic carbocycles. The van der Waals surface area contributed by atoms with E-state index in [0.717, 1.165) is 33.7 Å². The SMILES string of the molecule is COc1cccc2c1cc(C(=O)NC[C@@H](c1ccc3c(c1)OCO3)N(C)C)n2C. The fourth-order valence-corrected chi connectivity index (χ4v) is 3.73. The zero-order valence-corrected chi connectivity index (χ0v) is 17.1. The molecule has 2 heterocycles. The molecule has 3 aromatic rings. The molecular weight excluding hydrogens is 370 g/mol. The number of aromatic nitrogens is 1.